The van der Waals surface area contributed by atoms with Crippen LogP contribution in [0.1, 0.15) is 11.3 Å². The summed E-state index contributed by atoms with van der Waals surface area (Å²) in [6.07, 6.45) is 4.44. The molecule has 0 aliphatic carbocycles. The van der Waals surface area contributed by atoms with Crippen LogP contribution in [0.5, 0.6) is 0 Å². The maximum atomic E-state index is 5.42. The first-order chi connectivity index (χ1) is 10.3. The Morgan fingerprint density at radius 1 is 1.38 bits per heavy atom. The van der Waals surface area contributed by atoms with Crippen LogP contribution in [-0.2, 0) is 6.54 Å². The molecule has 8 nitrogen and oxygen atoms in total. The van der Waals surface area contributed by atoms with Gasteiger partial charge in [-0.25, -0.2) is 10.8 Å². The second-order valence-corrected chi connectivity index (χ2v) is 5.80. The lowest BCUT2D eigenvalue weighted by molar-refractivity contribution is 0.569. The normalized spacial score (nSPS) is 11.0. The first-order valence-corrected chi connectivity index (χ1v) is 7.40. The molecule has 0 saturated carbocycles. The van der Waals surface area contributed by atoms with E-state index in [0.29, 0.717) is 5.95 Å². The molecule has 0 amide bonds. The van der Waals surface area contributed by atoms with Gasteiger partial charge in [0.05, 0.1) is 11.6 Å². The fourth-order valence-corrected chi connectivity index (χ4v) is 2.92. The van der Waals surface area contributed by atoms with Crippen LogP contribution in [0.3, 0.4) is 0 Å². The molecule has 0 atom stereocenters. The zero-order valence-electron chi connectivity index (χ0n) is 11.6. The summed E-state index contributed by atoms with van der Waals surface area (Å²) >= 11 is 1.62. The summed E-state index contributed by atoms with van der Waals surface area (Å²) in [4.78, 5) is 10.9. The minimum absolute atomic E-state index is 0.420. The summed E-state index contributed by atoms with van der Waals surface area (Å²) in [5.74, 6) is 6.64. The molecule has 0 unspecified atom stereocenters. The van der Waals surface area contributed by atoms with Gasteiger partial charge in [0.25, 0.3) is 0 Å². The van der Waals surface area contributed by atoms with Crippen molar-refractivity contribution in [3.63, 3.8) is 0 Å². The molecular formula is C12H16N8S. The van der Waals surface area contributed by atoms with E-state index in [1.807, 2.05) is 6.20 Å². The van der Waals surface area contributed by atoms with Crippen molar-refractivity contribution < 1.29 is 0 Å². The summed E-state index contributed by atoms with van der Waals surface area (Å²) in [5.41, 5.74) is 2.50. The average Bonchev–Trinajstić information content (AvgIpc) is 3.11. The van der Waals surface area contributed by atoms with Crippen LogP contribution in [-0.4, -0.2) is 31.5 Å². The number of hydrogen-bond acceptors (Lipinski definition) is 8. The van der Waals surface area contributed by atoms with E-state index in [-0.39, 0.29) is 0 Å². The predicted octanol–water partition coefficient (Wildman–Crippen LogP) is 1.38. The highest BCUT2D eigenvalue weighted by Crippen LogP contribution is 2.29. The maximum Gasteiger partial charge on any atom is 0.240 e. The summed E-state index contributed by atoms with van der Waals surface area (Å²) in [6, 6.07) is 2.08. The van der Waals surface area contributed by atoms with Crippen molar-refractivity contribution in [2.24, 2.45) is 5.84 Å². The lowest BCUT2D eigenvalue weighted by Crippen LogP contribution is -2.13. The molecule has 0 radical (unpaired) electrons. The van der Waals surface area contributed by atoms with Gasteiger partial charge < -0.3 is 5.32 Å². The molecule has 9 heteroatoms. The highest BCUT2D eigenvalue weighted by Gasteiger charge is 2.09. The lowest BCUT2D eigenvalue weighted by Gasteiger charge is -2.08. The third kappa shape index (κ3) is 3.09. The molecule has 0 aliphatic rings. The number of anilines is 2. The Morgan fingerprint density at radius 2 is 2.29 bits per heavy atom. The molecule has 3 aromatic heterocycles. The molecular weight excluding hydrogens is 288 g/mol. The van der Waals surface area contributed by atoms with Gasteiger partial charge in [0, 0.05) is 24.2 Å². The minimum Gasteiger partial charge on any atom is -0.369 e. The van der Waals surface area contributed by atoms with Crippen molar-refractivity contribution in [2.75, 3.05) is 17.3 Å². The number of hydrogen-bond donors (Lipinski definition) is 3. The Bertz CT molecular complexity index is 720. The van der Waals surface area contributed by atoms with E-state index < -0.39 is 0 Å². The number of aryl methyl sites for hydroxylation is 2. The number of fused-ring (bicyclic) bond motifs is 1. The number of nitrogens with two attached hydrogens (primary N) is 1. The van der Waals surface area contributed by atoms with Gasteiger partial charge in [0.2, 0.25) is 5.95 Å². The molecule has 0 fully saturated rings. The van der Waals surface area contributed by atoms with Gasteiger partial charge in [-0.15, -0.1) is 16.4 Å². The quantitative estimate of drug-likeness (QED) is 0.359. The first kappa shape index (κ1) is 13.7. The van der Waals surface area contributed by atoms with Gasteiger partial charge in [-0.2, -0.15) is 4.98 Å². The predicted molar refractivity (Wildman–Crippen MR) is 83.1 cm³/mol. The summed E-state index contributed by atoms with van der Waals surface area (Å²) in [5, 5.41) is 12.1. The Balaban J connectivity index is 1.70. The topological polar surface area (TPSA) is 107 Å². The van der Waals surface area contributed by atoms with E-state index in [2.05, 4.69) is 44.0 Å². The molecule has 4 N–H and O–H groups in total. The standard InChI is InChI=1S/C12H16N8S/c1-8-7-9-10(16-12(18-13)17-11(9)21-8)14-3-2-5-20-6-4-15-19-20/h4,6-7H,2-3,5,13H2,1H3,(H2,14,16,17,18). The number of aromatic nitrogens is 5. The third-order valence-corrected chi connectivity index (χ3v) is 3.92. The zero-order chi connectivity index (χ0) is 14.7. The van der Waals surface area contributed by atoms with Crippen LogP contribution < -0.4 is 16.6 Å². The second-order valence-electron chi connectivity index (χ2n) is 4.56. The summed E-state index contributed by atoms with van der Waals surface area (Å²) in [7, 11) is 0. The zero-order valence-corrected chi connectivity index (χ0v) is 12.4. The molecule has 3 heterocycles. The molecule has 0 bridgehead atoms. The molecule has 0 aromatic carbocycles. The molecule has 3 rings (SSSR count). The molecule has 21 heavy (non-hydrogen) atoms. The molecule has 0 saturated heterocycles. The summed E-state index contributed by atoms with van der Waals surface area (Å²) < 4.78 is 1.80. The van der Waals surface area contributed by atoms with Crippen LogP contribution in [0.4, 0.5) is 11.8 Å². The van der Waals surface area contributed by atoms with Gasteiger partial charge in [-0.3, -0.25) is 10.1 Å². The Hall–Kier alpha value is -2.26. The van der Waals surface area contributed by atoms with E-state index >= 15 is 0 Å². The van der Waals surface area contributed by atoms with E-state index in [1.165, 1.54) is 4.88 Å². The third-order valence-electron chi connectivity index (χ3n) is 2.97. The molecule has 3 aromatic rings. The van der Waals surface area contributed by atoms with Gasteiger partial charge in [0.15, 0.2) is 0 Å². The largest absolute Gasteiger partial charge is 0.369 e. The maximum absolute atomic E-state index is 5.42. The number of nitrogens with zero attached hydrogens (tertiary/aromatic N) is 5. The van der Waals surface area contributed by atoms with Crippen molar-refractivity contribution in [3.05, 3.63) is 23.3 Å². The first-order valence-electron chi connectivity index (χ1n) is 6.59. The highest BCUT2D eigenvalue weighted by atomic mass is 32.1. The van der Waals surface area contributed by atoms with E-state index in [4.69, 9.17) is 5.84 Å². The number of nitrogen functional groups attached to an aromatic ring is 1. The van der Waals surface area contributed by atoms with Gasteiger partial charge in [-0.1, -0.05) is 5.21 Å². The number of thiophene rings is 1. The van der Waals surface area contributed by atoms with Crippen LogP contribution in [0.15, 0.2) is 18.5 Å². The summed E-state index contributed by atoms with van der Waals surface area (Å²) in [6.45, 7) is 3.65. The van der Waals surface area contributed by atoms with Crippen LogP contribution in [0.2, 0.25) is 0 Å². The molecule has 0 aliphatic heterocycles. The smallest absolute Gasteiger partial charge is 0.240 e. The van der Waals surface area contributed by atoms with Gasteiger partial charge in [-0.05, 0) is 19.4 Å². The average molecular weight is 304 g/mol. The van der Waals surface area contributed by atoms with Crippen molar-refractivity contribution in [3.8, 4) is 0 Å². The fourth-order valence-electron chi connectivity index (χ4n) is 2.04. The van der Waals surface area contributed by atoms with E-state index in [0.717, 1.165) is 35.5 Å². The fraction of sp³-hybridized carbons (Fsp3) is 0.333. The number of nitrogens with one attached hydrogen (secondary N) is 2. The monoisotopic (exact) mass is 304 g/mol. The Kier molecular flexibility index (Phi) is 3.93. The van der Waals surface area contributed by atoms with Crippen LogP contribution in [0.25, 0.3) is 10.2 Å². The van der Waals surface area contributed by atoms with Crippen molar-refractivity contribution in [2.45, 2.75) is 19.9 Å². The Labute approximate surface area is 125 Å². The van der Waals surface area contributed by atoms with Gasteiger partial charge >= 0.3 is 0 Å². The van der Waals surface area contributed by atoms with Crippen LogP contribution >= 0.6 is 11.3 Å². The lowest BCUT2D eigenvalue weighted by atomic mass is 10.3. The number of hydrazine groups is 1. The van der Waals surface area contributed by atoms with Crippen molar-refractivity contribution in [1.82, 2.24) is 25.0 Å². The van der Waals surface area contributed by atoms with E-state index in [9.17, 15) is 0 Å². The van der Waals surface area contributed by atoms with Gasteiger partial charge in [0.1, 0.15) is 10.6 Å². The van der Waals surface area contributed by atoms with Crippen LogP contribution in [0, 0.1) is 6.92 Å². The van der Waals surface area contributed by atoms with E-state index in [1.54, 1.807) is 22.2 Å². The molecule has 110 valence electrons. The highest BCUT2D eigenvalue weighted by molar-refractivity contribution is 7.18. The van der Waals surface area contributed by atoms with Crippen molar-refractivity contribution in [1.29, 1.82) is 0 Å². The minimum atomic E-state index is 0.420. The SMILES string of the molecule is Cc1cc2c(NCCCn3ccnn3)nc(NN)nc2s1. The second kappa shape index (κ2) is 6.02. The van der Waals surface area contributed by atoms with Crippen molar-refractivity contribution >= 4 is 33.3 Å². The Morgan fingerprint density at radius 3 is 3.05 bits per heavy atom. The molecule has 0 spiro atoms. The number of rotatable bonds is 6.